The summed E-state index contributed by atoms with van der Waals surface area (Å²) < 4.78 is 0. The summed E-state index contributed by atoms with van der Waals surface area (Å²) in [7, 11) is 0. The Kier molecular flexibility index (Phi) is 5.58. The number of benzene rings is 1. The van der Waals surface area contributed by atoms with E-state index in [2.05, 4.69) is 37.4 Å². The van der Waals surface area contributed by atoms with Gasteiger partial charge in [-0.2, -0.15) is 0 Å². The standard InChI is InChI=1S/C16H25NS/c1-3-5-13(2)17-10-11-18-16-9-8-14-6-4-7-15(14)12-16/h8-9,12-13,17H,3-7,10-11H2,1-2H3. The van der Waals surface area contributed by atoms with Crippen molar-refractivity contribution in [2.24, 2.45) is 0 Å². The molecular formula is C16H25NS. The Balaban J connectivity index is 1.70. The molecule has 0 fully saturated rings. The summed E-state index contributed by atoms with van der Waals surface area (Å²) in [6.07, 6.45) is 6.47. The first-order valence-corrected chi connectivity index (χ1v) is 8.26. The van der Waals surface area contributed by atoms with Crippen LogP contribution in [0.2, 0.25) is 0 Å². The van der Waals surface area contributed by atoms with Crippen LogP contribution in [0.1, 0.15) is 44.2 Å². The molecule has 0 amide bonds. The van der Waals surface area contributed by atoms with Gasteiger partial charge in [0.15, 0.2) is 0 Å². The van der Waals surface area contributed by atoms with Crippen LogP contribution in [-0.2, 0) is 12.8 Å². The van der Waals surface area contributed by atoms with Crippen molar-refractivity contribution in [3.63, 3.8) is 0 Å². The van der Waals surface area contributed by atoms with Crippen LogP contribution in [0.3, 0.4) is 0 Å². The summed E-state index contributed by atoms with van der Waals surface area (Å²) in [5.74, 6) is 1.17. The van der Waals surface area contributed by atoms with E-state index in [9.17, 15) is 0 Å². The Hall–Kier alpha value is -0.470. The second kappa shape index (κ2) is 7.20. The van der Waals surface area contributed by atoms with Crippen LogP contribution in [0.5, 0.6) is 0 Å². The van der Waals surface area contributed by atoms with Gasteiger partial charge in [-0.1, -0.05) is 19.4 Å². The van der Waals surface area contributed by atoms with Gasteiger partial charge in [-0.3, -0.25) is 0 Å². The Labute approximate surface area is 116 Å². The first-order chi connectivity index (χ1) is 8.79. The highest BCUT2D eigenvalue weighted by Crippen LogP contribution is 2.27. The molecule has 0 saturated carbocycles. The summed E-state index contributed by atoms with van der Waals surface area (Å²) in [4.78, 5) is 1.44. The number of rotatable bonds is 7. The lowest BCUT2D eigenvalue weighted by Gasteiger charge is -2.12. The molecule has 1 nitrogen and oxygen atoms in total. The maximum absolute atomic E-state index is 3.59. The molecule has 18 heavy (non-hydrogen) atoms. The van der Waals surface area contributed by atoms with Gasteiger partial charge in [-0.05, 0) is 55.9 Å². The second-order valence-electron chi connectivity index (χ2n) is 5.28. The lowest BCUT2D eigenvalue weighted by atomic mass is 10.1. The molecule has 0 spiro atoms. The first kappa shape index (κ1) is 14.0. The highest BCUT2D eigenvalue weighted by atomic mass is 32.2. The lowest BCUT2D eigenvalue weighted by molar-refractivity contribution is 0.526. The average Bonchev–Trinajstić information content (AvgIpc) is 2.82. The highest BCUT2D eigenvalue weighted by molar-refractivity contribution is 7.99. The molecule has 0 bridgehead atoms. The van der Waals surface area contributed by atoms with Gasteiger partial charge in [0.05, 0.1) is 0 Å². The molecule has 1 aromatic carbocycles. The van der Waals surface area contributed by atoms with Crippen molar-refractivity contribution in [2.45, 2.75) is 56.9 Å². The van der Waals surface area contributed by atoms with Crippen LogP contribution < -0.4 is 5.32 Å². The molecular weight excluding hydrogens is 238 g/mol. The molecule has 0 heterocycles. The Bertz CT molecular complexity index is 375. The monoisotopic (exact) mass is 263 g/mol. The fraction of sp³-hybridized carbons (Fsp3) is 0.625. The van der Waals surface area contributed by atoms with E-state index in [1.807, 2.05) is 11.8 Å². The van der Waals surface area contributed by atoms with E-state index in [1.165, 1.54) is 42.8 Å². The summed E-state index contributed by atoms with van der Waals surface area (Å²) in [5, 5.41) is 3.59. The predicted molar refractivity (Wildman–Crippen MR) is 81.6 cm³/mol. The minimum atomic E-state index is 0.663. The Morgan fingerprint density at radius 3 is 2.94 bits per heavy atom. The van der Waals surface area contributed by atoms with E-state index >= 15 is 0 Å². The number of hydrogen-bond acceptors (Lipinski definition) is 2. The molecule has 0 aromatic heterocycles. The first-order valence-electron chi connectivity index (χ1n) is 7.27. The molecule has 1 atom stereocenters. The van der Waals surface area contributed by atoms with Gasteiger partial charge in [-0.15, -0.1) is 11.8 Å². The van der Waals surface area contributed by atoms with Crippen molar-refractivity contribution in [3.05, 3.63) is 29.3 Å². The van der Waals surface area contributed by atoms with Gasteiger partial charge in [0.25, 0.3) is 0 Å². The van der Waals surface area contributed by atoms with E-state index in [4.69, 9.17) is 0 Å². The Morgan fingerprint density at radius 1 is 1.28 bits per heavy atom. The maximum atomic E-state index is 3.59. The van der Waals surface area contributed by atoms with E-state index in [0.717, 1.165) is 6.54 Å². The fourth-order valence-electron chi connectivity index (χ4n) is 2.65. The van der Waals surface area contributed by atoms with E-state index < -0.39 is 0 Å². The van der Waals surface area contributed by atoms with Crippen molar-refractivity contribution < 1.29 is 0 Å². The molecule has 1 aliphatic rings. The number of hydrogen-bond donors (Lipinski definition) is 1. The van der Waals surface area contributed by atoms with Gasteiger partial charge >= 0.3 is 0 Å². The van der Waals surface area contributed by atoms with Gasteiger partial charge < -0.3 is 5.32 Å². The normalized spacial score (nSPS) is 15.7. The largest absolute Gasteiger partial charge is 0.313 e. The predicted octanol–water partition coefficient (Wildman–Crippen LogP) is 4.05. The third-order valence-electron chi connectivity index (χ3n) is 3.66. The van der Waals surface area contributed by atoms with Crippen LogP contribution in [0.25, 0.3) is 0 Å². The van der Waals surface area contributed by atoms with E-state index in [1.54, 1.807) is 11.1 Å². The number of thioether (sulfide) groups is 1. The maximum Gasteiger partial charge on any atom is 0.0106 e. The summed E-state index contributed by atoms with van der Waals surface area (Å²) in [5.41, 5.74) is 3.17. The van der Waals surface area contributed by atoms with Crippen LogP contribution in [0, 0.1) is 0 Å². The summed E-state index contributed by atoms with van der Waals surface area (Å²) >= 11 is 1.98. The van der Waals surface area contributed by atoms with Crippen LogP contribution in [-0.4, -0.2) is 18.3 Å². The fourth-order valence-corrected chi connectivity index (χ4v) is 3.49. The van der Waals surface area contributed by atoms with Gasteiger partial charge in [-0.25, -0.2) is 0 Å². The van der Waals surface area contributed by atoms with Crippen molar-refractivity contribution in [1.82, 2.24) is 5.32 Å². The lowest BCUT2D eigenvalue weighted by Crippen LogP contribution is -2.27. The second-order valence-corrected chi connectivity index (χ2v) is 6.44. The minimum Gasteiger partial charge on any atom is -0.313 e. The van der Waals surface area contributed by atoms with Gasteiger partial charge in [0, 0.05) is 23.2 Å². The number of nitrogens with one attached hydrogen (secondary N) is 1. The van der Waals surface area contributed by atoms with Crippen LogP contribution in [0.4, 0.5) is 0 Å². The average molecular weight is 263 g/mol. The zero-order chi connectivity index (χ0) is 12.8. The molecule has 0 radical (unpaired) electrons. The van der Waals surface area contributed by atoms with Gasteiger partial charge in [0.1, 0.15) is 0 Å². The molecule has 0 aliphatic heterocycles. The third-order valence-corrected chi connectivity index (χ3v) is 4.65. The summed E-state index contributed by atoms with van der Waals surface area (Å²) in [6, 6.07) is 7.69. The van der Waals surface area contributed by atoms with Crippen molar-refractivity contribution in [2.75, 3.05) is 12.3 Å². The highest BCUT2D eigenvalue weighted by Gasteiger charge is 2.10. The van der Waals surface area contributed by atoms with Gasteiger partial charge in [0.2, 0.25) is 0 Å². The topological polar surface area (TPSA) is 12.0 Å². The van der Waals surface area contributed by atoms with Crippen molar-refractivity contribution in [3.8, 4) is 0 Å². The van der Waals surface area contributed by atoms with Crippen LogP contribution >= 0.6 is 11.8 Å². The molecule has 1 unspecified atom stereocenters. The number of aryl methyl sites for hydroxylation is 2. The molecule has 2 heteroatoms. The zero-order valence-corrected chi connectivity index (χ0v) is 12.5. The third kappa shape index (κ3) is 4.03. The molecule has 100 valence electrons. The SMILES string of the molecule is CCCC(C)NCCSc1ccc2c(c1)CCC2. The van der Waals surface area contributed by atoms with E-state index in [0.29, 0.717) is 6.04 Å². The molecule has 2 rings (SSSR count). The molecule has 1 aliphatic carbocycles. The molecule has 1 N–H and O–H groups in total. The van der Waals surface area contributed by atoms with E-state index in [-0.39, 0.29) is 0 Å². The quantitative estimate of drug-likeness (QED) is 0.588. The smallest absolute Gasteiger partial charge is 0.0106 e. The van der Waals surface area contributed by atoms with Crippen LogP contribution in [0.15, 0.2) is 23.1 Å². The molecule has 0 saturated heterocycles. The molecule has 1 aromatic rings. The number of fused-ring (bicyclic) bond motifs is 1. The summed E-state index contributed by atoms with van der Waals surface area (Å²) in [6.45, 7) is 5.64. The van der Waals surface area contributed by atoms with Crippen molar-refractivity contribution >= 4 is 11.8 Å². The Morgan fingerprint density at radius 2 is 2.11 bits per heavy atom. The minimum absolute atomic E-state index is 0.663. The van der Waals surface area contributed by atoms with Crippen molar-refractivity contribution in [1.29, 1.82) is 0 Å². The zero-order valence-electron chi connectivity index (χ0n) is 11.7.